The van der Waals surface area contributed by atoms with E-state index in [4.69, 9.17) is 4.84 Å². The molecule has 1 N–H and O–H groups in total. The number of halogens is 1. The van der Waals surface area contributed by atoms with E-state index in [-0.39, 0.29) is 0 Å². The molecule has 1 aliphatic rings. The Kier molecular flexibility index (Phi) is 1.67. The van der Waals surface area contributed by atoms with Gasteiger partial charge in [0.05, 0.1) is 10.7 Å². The van der Waals surface area contributed by atoms with Crippen LogP contribution in [0, 0.1) is 0 Å². The van der Waals surface area contributed by atoms with Crippen LogP contribution < -0.4 is 5.48 Å². The lowest BCUT2D eigenvalue weighted by Crippen LogP contribution is -2.10. The van der Waals surface area contributed by atoms with Gasteiger partial charge >= 0.3 is 0 Å². The monoisotopic (exact) mass is 199 g/mol. The lowest BCUT2D eigenvalue weighted by Gasteiger charge is -1.90. The zero-order valence-corrected chi connectivity index (χ0v) is 5.44. The molecule has 1 rings (SSSR count). The number of nitrogens with one attached hydrogen (secondary N) is 1. The molecule has 6 heavy (non-hydrogen) atoms. The zero-order chi connectivity index (χ0) is 4.41. The fourth-order valence-electron chi connectivity index (χ4n) is 0.371. The molecule has 0 aromatic carbocycles. The molecule has 2 nitrogen and oxygen atoms in total. The van der Waals surface area contributed by atoms with Crippen molar-refractivity contribution in [2.45, 2.75) is 10.5 Å². The van der Waals surface area contributed by atoms with Crippen LogP contribution in [0.1, 0.15) is 6.42 Å². The number of hydrogen-bond donors (Lipinski definition) is 1. The van der Waals surface area contributed by atoms with E-state index in [0.29, 0.717) is 4.05 Å². The summed E-state index contributed by atoms with van der Waals surface area (Å²) in [5.41, 5.74) is 2.81. The summed E-state index contributed by atoms with van der Waals surface area (Å²) in [5, 5.41) is 0. The number of rotatable bonds is 0. The van der Waals surface area contributed by atoms with Crippen LogP contribution in [0.25, 0.3) is 0 Å². The maximum absolute atomic E-state index is 4.80. The van der Waals surface area contributed by atoms with Crippen molar-refractivity contribution in [3.05, 3.63) is 0 Å². The van der Waals surface area contributed by atoms with E-state index in [1.54, 1.807) is 0 Å². The molecule has 0 radical (unpaired) electrons. The maximum atomic E-state index is 4.80. The summed E-state index contributed by atoms with van der Waals surface area (Å²) in [6, 6.07) is 0. The highest BCUT2D eigenvalue weighted by Crippen LogP contribution is 2.06. The molecular formula is C3H6INO. The van der Waals surface area contributed by atoms with Gasteiger partial charge in [-0.1, -0.05) is 22.6 Å². The summed E-state index contributed by atoms with van der Waals surface area (Å²) in [5.74, 6) is 0. The summed E-state index contributed by atoms with van der Waals surface area (Å²) < 4.78 is 0.544. The standard InChI is InChI=1S/C3H6INO/c4-3-1-2-6-5-3/h3,5H,1-2H2. The van der Waals surface area contributed by atoms with Gasteiger partial charge in [-0.3, -0.25) is 0 Å². The normalized spacial score (nSPS) is 34.5. The van der Waals surface area contributed by atoms with Crippen LogP contribution in [0.3, 0.4) is 0 Å². The molecule has 36 valence electrons. The van der Waals surface area contributed by atoms with Gasteiger partial charge in [-0.15, -0.1) is 0 Å². The molecule has 0 saturated carbocycles. The summed E-state index contributed by atoms with van der Waals surface area (Å²) in [7, 11) is 0. The smallest absolute Gasteiger partial charge is 0.0858 e. The van der Waals surface area contributed by atoms with Crippen molar-refractivity contribution < 1.29 is 4.84 Å². The van der Waals surface area contributed by atoms with Crippen LogP contribution in [0.4, 0.5) is 0 Å². The topological polar surface area (TPSA) is 21.3 Å². The Morgan fingerprint density at radius 3 is 2.83 bits per heavy atom. The van der Waals surface area contributed by atoms with Crippen molar-refractivity contribution in [1.29, 1.82) is 0 Å². The van der Waals surface area contributed by atoms with Crippen molar-refractivity contribution in [3.8, 4) is 0 Å². The Labute approximate surface area is 50.3 Å². The van der Waals surface area contributed by atoms with Gasteiger partial charge in [-0.25, -0.2) is 0 Å². The van der Waals surface area contributed by atoms with Crippen LogP contribution in [-0.2, 0) is 4.84 Å². The molecule has 3 heteroatoms. The third-order valence-electron chi connectivity index (χ3n) is 0.685. The summed E-state index contributed by atoms with van der Waals surface area (Å²) in [6.45, 7) is 0.869. The quantitative estimate of drug-likeness (QED) is 0.351. The fourth-order valence-corrected chi connectivity index (χ4v) is 0.805. The summed E-state index contributed by atoms with van der Waals surface area (Å²) in [6.07, 6.45) is 1.14. The van der Waals surface area contributed by atoms with Gasteiger partial charge in [0.1, 0.15) is 0 Å². The Hall–Kier alpha value is 0.650. The molecule has 0 bridgehead atoms. The highest BCUT2D eigenvalue weighted by Gasteiger charge is 2.08. The fraction of sp³-hybridized carbons (Fsp3) is 1.00. The van der Waals surface area contributed by atoms with Crippen molar-refractivity contribution in [3.63, 3.8) is 0 Å². The van der Waals surface area contributed by atoms with Gasteiger partial charge in [-0.05, 0) is 6.42 Å². The Bertz CT molecular complexity index is 44.1. The Balaban J connectivity index is 2.18. The number of alkyl halides is 1. The van der Waals surface area contributed by atoms with Gasteiger partial charge in [0.15, 0.2) is 0 Å². The second kappa shape index (κ2) is 2.09. The van der Waals surface area contributed by atoms with E-state index in [0.717, 1.165) is 13.0 Å². The molecule has 1 heterocycles. The van der Waals surface area contributed by atoms with E-state index < -0.39 is 0 Å². The molecule has 0 aromatic rings. The van der Waals surface area contributed by atoms with Crippen LogP contribution in [-0.4, -0.2) is 10.7 Å². The molecular weight excluding hydrogens is 193 g/mol. The molecule has 1 fully saturated rings. The van der Waals surface area contributed by atoms with E-state index in [2.05, 4.69) is 28.1 Å². The maximum Gasteiger partial charge on any atom is 0.0858 e. The summed E-state index contributed by atoms with van der Waals surface area (Å²) in [4.78, 5) is 4.80. The molecule has 1 saturated heterocycles. The molecule has 0 spiro atoms. The highest BCUT2D eigenvalue weighted by molar-refractivity contribution is 14.1. The van der Waals surface area contributed by atoms with Crippen molar-refractivity contribution in [1.82, 2.24) is 5.48 Å². The average molecular weight is 199 g/mol. The number of hydrogen-bond acceptors (Lipinski definition) is 2. The van der Waals surface area contributed by atoms with Gasteiger partial charge in [-0.2, -0.15) is 5.48 Å². The Morgan fingerprint density at radius 1 is 1.83 bits per heavy atom. The second-order valence-corrected chi connectivity index (χ2v) is 2.73. The largest absolute Gasteiger partial charge is 0.301 e. The van der Waals surface area contributed by atoms with E-state index in [1.807, 2.05) is 0 Å². The minimum absolute atomic E-state index is 0.544. The van der Waals surface area contributed by atoms with Crippen LogP contribution in [0.15, 0.2) is 0 Å². The predicted molar refractivity (Wildman–Crippen MR) is 31.5 cm³/mol. The van der Waals surface area contributed by atoms with Gasteiger partial charge in [0, 0.05) is 0 Å². The van der Waals surface area contributed by atoms with Gasteiger partial charge < -0.3 is 4.84 Å². The third-order valence-corrected chi connectivity index (χ3v) is 1.56. The minimum atomic E-state index is 0.544. The first kappa shape index (κ1) is 4.80. The molecule has 0 amide bonds. The predicted octanol–water partition coefficient (Wildman–Crippen LogP) is 0.672. The average Bonchev–Trinajstić information content (AvgIpc) is 1.86. The lowest BCUT2D eigenvalue weighted by molar-refractivity contribution is 0.101. The minimum Gasteiger partial charge on any atom is -0.301 e. The molecule has 0 aliphatic carbocycles. The van der Waals surface area contributed by atoms with Crippen LogP contribution in [0.2, 0.25) is 0 Å². The van der Waals surface area contributed by atoms with Crippen LogP contribution in [0.5, 0.6) is 0 Å². The van der Waals surface area contributed by atoms with E-state index in [9.17, 15) is 0 Å². The molecule has 1 atom stereocenters. The highest BCUT2D eigenvalue weighted by atomic mass is 127. The van der Waals surface area contributed by atoms with E-state index >= 15 is 0 Å². The summed E-state index contributed by atoms with van der Waals surface area (Å²) >= 11 is 2.30. The first-order valence-electron chi connectivity index (χ1n) is 1.91. The second-order valence-electron chi connectivity index (χ2n) is 1.22. The third kappa shape index (κ3) is 1.06. The zero-order valence-electron chi connectivity index (χ0n) is 3.28. The first-order valence-corrected chi connectivity index (χ1v) is 3.15. The van der Waals surface area contributed by atoms with Crippen molar-refractivity contribution in [2.24, 2.45) is 0 Å². The molecule has 0 aromatic heterocycles. The first-order chi connectivity index (χ1) is 2.89. The lowest BCUT2D eigenvalue weighted by atomic mass is 10.5. The van der Waals surface area contributed by atoms with Gasteiger partial charge in [0.2, 0.25) is 0 Å². The molecule has 1 aliphatic heterocycles. The van der Waals surface area contributed by atoms with Gasteiger partial charge in [0.25, 0.3) is 0 Å². The van der Waals surface area contributed by atoms with E-state index in [1.165, 1.54) is 0 Å². The molecule has 1 unspecified atom stereocenters. The van der Waals surface area contributed by atoms with Crippen molar-refractivity contribution in [2.75, 3.05) is 6.61 Å². The SMILES string of the molecule is IC1CCON1. The Morgan fingerprint density at radius 2 is 2.67 bits per heavy atom. The van der Waals surface area contributed by atoms with Crippen LogP contribution >= 0.6 is 22.6 Å². The van der Waals surface area contributed by atoms with Crippen molar-refractivity contribution >= 4 is 22.6 Å². The number of hydroxylamine groups is 1.